The number of hydrogen-bond donors (Lipinski definition) is 0. The molecular formula is C20H21ClO4. The van der Waals surface area contributed by atoms with Crippen molar-refractivity contribution in [1.82, 2.24) is 0 Å². The van der Waals surface area contributed by atoms with Crippen LogP contribution in [0.5, 0.6) is 11.5 Å². The zero-order chi connectivity index (χ0) is 18.1. The molecule has 2 rings (SSSR count). The molecule has 132 valence electrons. The molecule has 0 spiro atoms. The molecule has 0 bridgehead atoms. The zero-order valence-corrected chi connectivity index (χ0v) is 14.9. The number of carbonyl (C=O) groups is 2. The van der Waals surface area contributed by atoms with E-state index in [1.165, 1.54) is 37.1 Å². The summed E-state index contributed by atoms with van der Waals surface area (Å²) in [4.78, 5) is 23.1. The number of carbonyl (C=O) groups excluding carboxylic acids is 2. The molecule has 0 N–H and O–H groups in total. The van der Waals surface area contributed by atoms with Crippen molar-refractivity contribution < 1.29 is 19.1 Å². The van der Waals surface area contributed by atoms with Gasteiger partial charge in [0.25, 0.3) is 5.24 Å². The SMILES string of the molecule is CCCCCCOc1ccc(C(=O)Oc2ccc(C(=O)Cl)cc2)cc1. The molecule has 0 aliphatic heterocycles. The molecule has 0 amide bonds. The first-order valence-electron chi connectivity index (χ1n) is 8.35. The molecule has 2 aromatic carbocycles. The third-order valence-electron chi connectivity index (χ3n) is 3.65. The number of esters is 1. The van der Waals surface area contributed by atoms with E-state index in [-0.39, 0.29) is 0 Å². The van der Waals surface area contributed by atoms with Gasteiger partial charge in [-0.25, -0.2) is 4.79 Å². The topological polar surface area (TPSA) is 52.6 Å². The van der Waals surface area contributed by atoms with Gasteiger partial charge in [0.1, 0.15) is 11.5 Å². The fraction of sp³-hybridized carbons (Fsp3) is 0.300. The molecular weight excluding hydrogens is 340 g/mol. The van der Waals surface area contributed by atoms with Gasteiger partial charge in [0.05, 0.1) is 12.2 Å². The molecule has 0 unspecified atom stereocenters. The Labute approximate surface area is 152 Å². The average Bonchev–Trinajstić information content (AvgIpc) is 2.62. The number of hydrogen-bond acceptors (Lipinski definition) is 4. The van der Waals surface area contributed by atoms with Crippen molar-refractivity contribution in [3.8, 4) is 11.5 Å². The van der Waals surface area contributed by atoms with Crippen LogP contribution in [0.2, 0.25) is 0 Å². The molecule has 0 atom stereocenters. The van der Waals surface area contributed by atoms with Gasteiger partial charge < -0.3 is 9.47 Å². The Morgan fingerprint density at radius 3 is 2.04 bits per heavy atom. The monoisotopic (exact) mass is 360 g/mol. The van der Waals surface area contributed by atoms with Crippen LogP contribution in [0.4, 0.5) is 0 Å². The van der Waals surface area contributed by atoms with E-state index >= 15 is 0 Å². The van der Waals surface area contributed by atoms with Crippen molar-refractivity contribution in [2.24, 2.45) is 0 Å². The van der Waals surface area contributed by atoms with Gasteiger partial charge in [-0.3, -0.25) is 4.79 Å². The van der Waals surface area contributed by atoms with Crippen molar-refractivity contribution in [2.75, 3.05) is 6.61 Å². The highest BCUT2D eigenvalue weighted by atomic mass is 35.5. The smallest absolute Gasteiger partial charge is 0.343 e. The lowest BCUT2D eigenvalue weighted by molar-refractivity contribution is 0.0734. The fourth-order valence-electron chi connectivity index (χ4n) is 2.23. The summed E-state index contributed by atoms with van der Waals surface area (Å²) in [5.74, 6) is 0.611. The van der Waals surface area contributed by atoms with E-state index in [1.54, 1.807) is 24.3 Å². The first-order chi connectivity index (χ1) is 12.1. The molecule has 0 radical (unpaired) electrons. The summed E-state index contributed by atoms with van der Waals surface area (Å²) >= 11 is 5.37. The maximum absolute atomic E-state index is 12.1. The standard InChI is InChI=1S/C20H21ClO4/c1-2-3-4-5-14-24-17-10-8-16(9-11-17)20(23)25-18-12-6-15(7-13-18)19(21)22/h6-13H,2-5,14H2,1H3. The first kappa shape index (κ1) is 19.0. The van der Waals surface area contributed by atoms with E-state index in [0.717, 1.165) is 18.6 Å². The molecule has 0 aliphatic carbocycles. The van der Waals surface area contributed by atoms with Gasteiger partial charge in [-0.05, 0) is 66.6 Å². The van der Waals surface area contributed by atoms with Crippen LogP contribution in [0, 0.1) is 0 Å². The average molecular weight is 361 g/mol. The number of rotatable bonds is 9. The van der Waals surface area contributed by atoms with Gasteiger partial charge >= 0.3 is 5.97 Å². The van der Waals surface area contributed by atoms with Gasteiger partial charge in [-0.2, -0.15) is 0 Å². The lowest BCUT2D eigenvalue weighted by Crippen LogP contribution is -2.08. The maximum atomic E-state index is 12.1. The predicted molar refractivity (Wildman–Crippen MR) is 97.7 cm³/mol. The molecule has 0 saturated heterocycles. The van der Waals surface area contributed by atoms with Gasteiger partial charge in [0, 0.05) is 5.56 Å². The summed E-state index contributed by atoms with van der Waals surface area (Å²) in [6.07, 6.45) is 4.60. The van der Waals surface area contributed by atoms with Crippen molar-refractivity contribution in [3.63, 3.8) is 0 Å². The Morgan fingerprint density at radius 2 is 1.44 bits per heavy atom. The number of unbranched alkanes of at least 4 members (excludes halogenated alkanes) is 3. The molecule has 0 saturated carbocycles. The molecule has 2 aromatic rings. The molecule has 0 fully saturated rings. The largest absolute Gasteiger partial charge is 0.494 e. The van der Waals surface area contributed by atoms with E-state index in [0.29, 0.717) is 23.5 Å². The van der Waals surface area contributed by atoms with Crippen LogP contribution >= 0.6 is 11.6 Å². The van der Waals surface area contributed by atoms with Crippen LogP contribution in [0.3, 0.4) is 0 Å². The normalized spacial score (nSPS) is 10.3. The summed E-state index contributed by atoms with van der Waals surface area (Å²) in [5, 5.41) is -0.553. The first-order valence-corrected chi connectivity index (χ1v) is 8.73. The van der Waals surface area contributed by atoms with E-state index in [2.05, 4.69) is 6.92 Å². The molecule has 0 heterocycles. The highest BCUT2D eigenvalue weighted by Gasteiger charge is 2.09. The lowest BCUT2D eigenvalue weighted by atomic mass is 10.2. The Balaban J connectivity index is 1.86. The quantitative estimate of drug-likeness (QED) is 0.265. The van der Waals surface area contributed by atoms with E-state index < -0.39 is 11.2 Å². The highest BCUT2D eigenvalue weighted by molar-refractivity contribution is 6.67. The summed E-state index contributed by atoms with van der Waals surface area (Å²) in [5.41, 5.74) is 0.776. The van der Waals surface area contributed by atoms with Gasteiger partial charge in [-0.15, -0.1) is 0 Å². The highest BCUT2D eigenvalue weighted by Crippen LogP contribution is 2.17. The fourth-order valence-corrected chi connectivity index (χ4v) is 2.35. The number of benzene rings is 2. The summed E-state index contributed by atoms with van der Waals surface area (Å²) in [6.45, 7) is 2.85. The molecule has 4 nitrogen and oxygen atoms in total. The van der Waals surface area contributed by atoms with E-state index in [1.807, 2.05) is 0 Å². The van der Waals surface area contributed by atoms with Gasteiger partial charge in [0.15, 0.2) is 0 Å². The van der Waals surface area contributed by atoms with Crippen LogP contribution < -0.4 is 9.47 Å². The Bertz CT molecular complexity index is 693. The van der Waals surface area contributed by atoms with Crippen LogP contribution in [0.25, 0.3) is 0 Å². The maximum Gasteiger partial charge on any atom is 0.343 e. The third kappa shape index (κ3) is 6.24. The van der Waals surface area contributed by atoms with Crippen LogP contribution in [-0.2, 0) is 0 Å². The van der Waals surface area contributed by atoms with Crippen molar-refractivity contribution in [1.29, 1.82) is 0 Å². The van der Waals surface area contributed by atoms with E-state index in [4.69, 9.17) is 21.1 Å². The molecule has 0 aliphatic rings. The molecule has 5 heteroatoms. The summed E-state index contributed by atoms with van der Waals surface area (Å²) < 4.78 is 10.9. The minimum atomic E-state index is -0.553. The van der Waals surface area contributed by atoms with Gasteiger partial charge in [0.2, 0.25) is 0 Å². The van der Waals surface area contributed by atoms with Crippen molar-refractivity contribution in [2.45, 2.75) is 32.6 Å². The van der Waals surface area contributed by atoms with Crippen LogP contribution in [0.1, 0.15) is 53.3 Å². The van der Waals surface area contributed by atoms with E-state index in [9.17, 15) is 9.59 Å². The predicted octanol–water partition coefficient (Wildman–Crippen LogP) is 5.24. The minimum absolute atomic E-state index is 0.349. The number of ether oxygens (including phenoxy) is 2. The Hall–Kier alpha value is -2.33. The summed E-state index contributed by atoms with van der Waals surface area (Å²) in [6, 6.07) is 12.9. The van der Waals surface area contributed by atoms with Gasteiger partial charge in [-0.1, -0.05) is 26.2 Å². The Morgan fingerprint density at radius 1 is 0.840 bits per heavy atom. The second-order valence-corrected chi connectivity index (χ2v) is 5.96. The Kier molecular flexibility index (Phi) is 7.48. The van der Waals surface area contributed by atoms with Crippen molar-refractivity contribution >= 4 is 22.8 Å². The lowest BCUT2D eigenvalue weighted by Gasteiger charge is -2.07. The minimum Gasteiger partial charge on any atom is -0.494 e. The van der Waals surface area contributed by atoms with Crippen molar-refractivity contribution in [3.05, 3.63) is 59.7 Å². The third-order valence-corrected chi connectivity index (χ3v) is 3.87. The molecule has 0 aromatic heterocycles. The van der Waals surface area contributed by atoms with Crippen LogP contribution in [0.15, 0.2) is 48.5 Å². The second kappa shape index (κ2) is 9.84. The molecule has 25 heavy (non-hydrogen) atoms. The van der Waals surface area contributed by atoms with Crippen LogP contribution in [-0.4, -0.2) is 17.8 Å². The zero-order valence-electron chi connectivity index (χ0n) is 14.2. The second-order valence-electron chi connectivity index (χ2n) is 5.62. The summed E-state index contributed by atoms with van der Waals surface area (Å²) in [7, 11) is 0. The number of halogens is 1.